The second kappa shape index (κ2) is 6.41. The first-order valence-electron chi connectivity index (χ1n) is 7.57. The average Bonchev–Trinajstić information content (AvgIpc) is 3.07. The van der Waals surface area contributed by atoms with Gasteiger partial charge in [-0.15, -0.1) is 10.2 Å². The molecule has 4 aromatic rings. The van der Waals surface area contributed by atoms with E-state index in [2.05, 4.69) is 35.3 Å². The lowest BCUT2D eigenvalue weighted by Gasteiger charge is -2.13. The van der Waals surface area contributed by atoms with Gasteiger partial charge in [0, 0.05) is 11.6 Å². The minimum atomic E-state index is -5.87. The molecule has 0 saturated heterocycles. The molecule has 0 aliphatic carbocycles. The summed E-state index contributed by atoms with van der Waals surface area (Å²) in [5.41, 5.74) is -4.83. The van der Waals surface area contributed by atoms with Gasteiger partial charge in [-0.2, -0.15) is 21.6 Å². The standard InChI is InChI=1S/C16H8BrF3N4O3S/c17-10-6-4-9-5-7-11(15-23-22-12-3-1-2-8-24(12)15)21-13(9)14(10)27-28(25,26)16(18,19)20/h1-8H. The summed E-state index contributed by atoms with van der Waals surface area (Å²) in [6, 6.07) is 11.3. The maximum atomic E-state index is 12.8. The third-order valence-corrected chi connectivity index (χ3v) is 5.36. The lowest BCUT2D eigenvalue weighted by atomic mass is 10.2. The van der Waals surface area contributed by atoms with Gasteiger partial charge >= 0.3 is 15.6 Å². The monoisotopic (exact) mass is 472 g/mol. The van der Waals surface area contributed by atoms with Crippen LogP contribution in [-0.2, 0) is 10.1 Å². The molecule has 3 aromatic heterocycles. The number of hydrogen-bond acceptors (Lipinski definition) is 6. The highest BCUT2D eigenvalue weighted by Gasteiger charge is 2.49. The summed E-state index contributed by atoms with van der Waals surface area (Å²) in [4.78, 5) is 4.28. The number of pyridine rings is 2. The Morgan fingerprint density at radius 3 is 2.54 bits per heavy atom. The van der Waals surface area contributed by atoms with Crippen molar-refractivity contribution in [2.45, 2.75) is 5.51 Å². The van der Waals surface area contributed by atoms with Crippen molar-refractivity contribution in [3.8, 4) is 17.3 Å². The van der Waals surface area contributed by atoms with Gasteiger partial charge in [-0.3, -0.25) is 4.40 Å². The van der Waals surface area contributed by atoms with Crippen LogP contribution in [0.15, 0.2) is 53.1 Å². The second-order valence-electron chi connectivity index (χ2n) is 5.58. The zero-order valence-electron chi connectivity index (χ0n) is 13.6. The molecule has 0 spiro atoms. The van der Waals surface area contributed by atoms with Crippen LogP contribution in [0.3, 0.4) is 0 Å². The normalized spacial score (nSPS) is 12.6. The lowest BCUT2D eigenvalue weighted by molar-refractivity contribution is -0.0499. The van der Waals surface area contributed by atoms with E-state index in [1.165, 1.54) is 6.07 Å². The van der Waals surface area contributed by atoms with E-state index in [9.17, 15) is 21.6 Å². The molecule has 0 aliphatic heterocycles. The Labute approximate surface area is 164 Å². The number of halogens is 4. The first-order valence-corrected chi connectivity index (χ1v) is 9.78. The van der Waals surface area contributed by atoms with Crippen LogP contribution in [0.1, 0.15) is 0 Å². The van der Waals surface area contributed by atoms with Gasteiger partial charge in [-0.05, 0) is 40.2 Å². The second-order valence-corrected chi connectivity index (χ2v) is 7.97. The fourth-order valence-corrected chi connectivity index (χ4v) is 3.51. The van der Waals surface area contributed by atoms with E-state index >= 15 is 0 Å². The van der Waals surface area contributed by atoms with Crippen molar-refractivity contribution in [2.24, 2.45) is 0 Å². The van der Waals surface area contributed by atoms with E-state index in [0.29, 0.717) is 16.9 Å². The zero-order chi connectivity index (χ0) is 20.1. The maximum absolute atomic E-state index is 12.8. The molecular weight excluding hydrogens is 465 g/mol. The van der Waals surface area contributed by atoms with E-state index in [4.69, 9.17) is 0 Å². The number of nitrogens with zero attached hydrogens (tertiary/aromatic N) is 4. The quantitative estimate of drug-likeness (QED) is 0.331. The molecule has 28 heavy (non-hydrogen) atoms. The Balaban J connectivity index is 1.92. The molecule has 0 amide bonds. The summed E-state index contributed by atoms with van der Waals surface area (Å²) in [7, 11) is -5.87. The molecular formula is C16H8BrF3N4O3S. The van der Waals surface area contributed by atoms with Crippen molar-refractivity contribution in [1.82, 2.24) is 19.6 Å². The van der Waals surface area contributed by atoms with Gasteiger partial charge in [0.25, 0.3) is 0 Å². The Morgan fingerprint density at radius 2 is 1.79 bits per heavy atom. The summed E-state index contributed by atoms with van der Waals surface area (Å²) in [5, 5.41) is 8.42. The van der Waals surface area contributed by atoms with Crippen LogP contribution in [0.25, 0.3) is 28.1 Å². The number of fused-ring (bicyclic) bond motifs is 2. The van der Waals surface area contributed by atoms with Gasteiger partial charge < -0.3 is 4.18 Å². The molecule has 12 heteroatoms. The largest absolute Gasteiger partial charge is 0.534 e. The Bertz CT molecular complexity index is 1320. The van der Waals surface area contributed by atoms with Crippen molar-refractivity contribution >= 4 is 42.6 Å². The van der Waals surface area contributed by atoms with E-state index in [0.717, 1.165) is 0 Å². The molecule has 0 atom stereocenters. The summed E-state index contributed by atoms with van der Waals surface area (Å²) in [5.74, 6) is -0.229. The number of aromatic nitrogens is 4. The highest BCUT2D eigenvalue weighted by Crippen LogP contribution is 2.37. The predicted octanol–water partition coefficient (Wildman–Crippen LogP) is 3.94. The van der Waals surface area contributed by atoms with E-state index in [1.807, 2.05) is 0 Å². The molecule has 144 valence electrons. The molecule has 0 fully saturated rings. The van der Waals surface area contributed by atoms with Crippen molar-refractivity contribution in [2.75, 3.05) is 0 Å². The van der Waals surface area contributed by atoms with Crippen molar-refractivity contribution in [1.29, 1.82) is 0 Å². The number of benzene rings is 1. The van der Waals surface area contributed by atoms with Crippen LogP contribution in [-0.4, -0.2) is 33.5 Å². The Morgan fingerprint density at radius 1 is 1.04 bits per heavy atom. The van der Waals surface area contributed by atoms with Gasteiger partial charge in [0.2, 0.25) is 0 Å². The highest BCUT2D eigenvalue weighted by atomic mass is 79.9. The fourth-order valence-electron chi connectivity index (χ4n) is 2.51. The van der Waals surface area contributed by atoms with Gasteiger partial charge in [0.15, 0.2) is 17.2 Å². The van der Waals surface area contributed by atoms with Crippen LogP contribution < -0.4 is 4.18 Å². The molecule has 0 aliphatic rings. The predicted molar refractivity (Wildman–Crippen MR) is 97.0 cm³/mol. The van der Waals surface area contributed by atoms with Crippen LogP contribution >= 0.6 is 15.9 Å². The SMILES string of the molecule is O=S(=O)(Oc1c(Br)ccc2ccc(-c3nnc4ccccn34)nc12)C(F)(F)F. The fraction of sp³-hybridized carbons (Fsp3) is 0.0625. The molecule has 0 bridgehead atoms. The van der Waals surface area contributed by atoms with Gasteiger partial charge in [0.05, 0.1) is 4.47 Å². The Hall–Kier alpha value is -2.73. The van der Waals surface area contributed by atoms with E-state index in [-0.39, 0.29) is 15.7 Å². The third-order valence-electron chi connectivity index (χ3n) is 3.79. The molecule has 0 saturated carbocycles. The van der Waals surface area contributed by atoms with Crippen molar-refractivity contribution in [3.63, 3.8) is 0 Å². The Kier molecular flexibility index (Phi) is 4.27. The van der Waals surface area contributed by atoms with Gasteiger partial charge in [-0.1, -0.05) is 18.2 Å². The van der Waals surface area contributed by atoms with Crippen LogP contribution in [0.2, 0.25) is 0 Å². The van der Waals surface area contributed by atoms with Crippen molar-refractivity contribution < 1.29 is 25.8 Å². The lowest BCUT2D eigenvalue weighted by Crippen LogP contribution is -2.28. The van der Waals surface area contributed by atoms with Crippen LogP contribution in [0.5, 0.6) is 5.75 Å². The number of rotatable bonds is 3. The average molecular weight is 473 g/mol. The first kappa shape index (κ1) is 18.6. The topological polar surface area (TPSA) is 86.5 Å². The highest BCUT2D eigenvalue weighted by molar-refractivity contribution is 9.10. The van der Waals surface area contributed by atoms with Crippen molar-refractivity contribution in [3.05, 3.63) is 53.1 Å². The molecule has 3 heterocycles. The maximum Gasteiger partial charge on any atom is 0.534 e. The summed E-state index contributed by atoms with van der Waals surface area (Å²) in [6.45, 7) is 0. The summed E-state index contributed by atoms with van der Waals surface area (Å²) >= 11 is 3.02. The van der Waals surface area contributed by atoms with Crippen LogP contribution in [0.4, 0.5) is 13.2 Å². The summed E-state index contributed by atoms with van der Waals surface area (Å²) in [6.07, 6.45) is 1.70. The third kappa shape index (κ3) is 3.07. The van der Waals surface area contributed by atoms with E-state index < -0.39 is 21.4 Å². The first-order chi connectivity index (χ1) is 13.2. The molecule has 0 N–H and O–H groups in total. The minimum Gasteiger partial charge on any atom is -0.372 e. The number of hydrogen-bond donors (Lipinski definition) is 0. The molecule has 1 aromatic carbocycles. The molecule has 0 unspecified atom stereocenters. The van der Waals surface area contributed by atoms with Crippen LogP contribution in [0, 0.1) is 0 Å². The summed E-state index contributed by atoms with van der Waals surface area (Å²) < 4.78 is 67.2. The van der Waals surface area contributed by atoms with E-state index in [1.54, 1.807) is 47.0 Å². The molecule has 0 radical (unpaired) electrons. The number of alkyl halides is 3. The zero-order valence-corrected chi connectivity index (χ0v) is 16.0. The smallest absolute Gasteiger partial charge is 0.372 e. The van der Waals surface area contributed by atoms with Gasteiger partial charge in [-0.25, -0.2) is 4.98 Å². The molecule has 4 rings (SSSR count). The molecule has 7 nitrogen and oxygen atoms in total. The van der Waals surface area contributed by atoms with Gasteiger partial charge in [0.1, 0.15) is 11.2 Å². The minimum absolute atomic E-state index is 0.00331.